The third kappa shape index (κ3) is 2.61. The molecule has 94 valence electrons. The molecule has 0 spiro atoms. The second-order valence-electron chi connectivity index (χ2n) is 3.89. The van der Waals surface area contributed by atoms with E-state index in [0.717, 1.165) is 12.0 Å². The number of hydrogen-bond acceptors (Lipinski definition) is 3. The van der Waals surface area contributed by atoms with E-state index in [0.29, 0.717) is 5.76 Å². The van der Waals surface area contributed by atoms with Crippen LogP contribution in [0.5, 0.6) is 0 Å². The van der Waals surface area contributed by atoms with E-state index in [9.17, 15) is 10.1 Å². The second-order valence-corrected chi connectivity index (χ2v) is 4.81. The summed E-state index contributed by atoms with van der Waals surface area (Å²) < 4.78 is 5.17. The Kier molecular flexibility index (Phi) is 3.81. The number of alkyl halides is 1. The minimum absolute atomic E-state index is 0.169. The van der Waals surface area contributed by atoms with E-state index >= 15 is 0 Å². The standard InChI is InChI=1S/C13H12BrNO3/c1-2-9-3-5-10(6-4-9)13(14)11-7-8-12(18-11)15(16)17/h3-8,13H,2H2,1H3. The lowest BCUT2D eigenvalue weighted by Gasteiger charge is -2.07. The summed E-state index contributed by atoms with van der Waals surface area (Å²) in [6.07, 6.45) is 0.986. The van der Waals surface area contributed by atoms with Crippen LogP contribution in [0.15, 0.2) is 40.8 Å². The molecule has 2 rings (SSSR count). The van der Waals surface area contributed by atoms with Gasteiger partial charge in [0.05, 0.1) is 10.9 Å². The number of rotatable bonds is 4. The number of nitro groups is 1. The van der Waals surface area contributed by atoms with Crippen LogP contribution in [-0.2, 0) is 6.42 Å². The maximum atomic E-state index is 10.6. The summed E-state index contributed by atoms with van der Waals surface area (Å²) in [7, 11) is 0. The number of nitrogens with zero attached hydrogens (tertiary/aromatic N) is 1. The van der Waals surface area contributed by atoms with E-state index in [4.69, 9.17) is 4.42 Å². The topological polar surface area (TPSA) is 56.3 Å². The van der Waals surface area contributed by atoms with E-state index < -0.39 is 4.92 Å². The third-order valence-electron chi connectivity index (χ3n) is 2.72. The number of benzene rings is 1. The molecule has 1 unspecified atom stereocenters. The average Bonchev–Trinajstić information content (AvgIpc) is 2.88. The zero-order chi connectivity index (χ0) is 13.1. The lowest BCUT2D eigenvalue weighted by Crippen LogP contribution is -1.91. The molecule has 0 fully saturated rings. The van der Waals surface area contributed by atoms with Gasteiger partial charge < -0.3 is 4.42 Å². The van der Waals surface area contributed by atoms with Gasteiger partial charge in [-0.1, -0.05) is 47.1 Å². The Bertz CT molecular complexity index is 548. The maximum Gasteiger partial charge on any atom is 0.433 e. The zero-order valence-corrected chi connectivity index (χ0v) is 11.4. The Morgan fingerprint density at radius 1 is 1.28 bits per heavy atom. The predicted octanol–water partition coefficient (Wildman–Crippen LogP) is 4.23. The van der Waals surface area contributed by atoms with Crippen LogP contribution >= 0.6 is 15.9 Å². The van der Waals surface area contributed by atoms with E-state index in [1.54, 1.807) is 6.07 Å². The van der Waals surface area contributed by atoms with Crippen LogP contribution in [0, 0.1) is 10.1 Å². The molecule has 0 saturated carbocycles. The van der Waals surface area contributed by atoms with Crippen LogP contribution in [0.2, 0.25) is 0 Å². The number of halogens is 1. The highest BCUT2D eigenvalue weighted by Crippen LogP contribution is 2.33. The molecule has 2 aromatic rings. The van der Waals surface area contributed by atoms with Gasteiger partial charge in [-0.3, -0.25) is 10.1 Å². The molecule has 0 aliphatic carbocycles. The molecule has 0 saturated heterocycles. The van der Waals surface area contributed by atoms with Gasteiger partial charge >= 0.3 is 5.88 Å². The molecule has 1 aromatic heterocycles. The summed E-state index contributed by atoms with van der Waals surface area (Å²) in [4.78, 5) is 9.85. The molecule has 0 amide bonds. The van der Waals surface area contributed by atoms with Gasteiger partial charge in [0.25, 0.3) is 0 Å². The molecule has 0 N–H and O–H groups in total. The highest BCUT2D eigenvalue weighted by Gasteiger charge is 2.18. The molecule has 0 radical (unpaired) electrons. The zero-order valence-electron chi connectivity index (χ0n) is 9.80. The second kappa shape index (κ2) is 5.35. The van der Waals surface area contributed by atoms with Crippen LogP contribution in [0.4, 0.5) is 5.88 Å². The maximum absolute atomic E-state index is 10.6. The SMILES string of the molecule is CCc1ccc(C(Br)c2ccc([N+](=O)[O-])o2)cc1. The molecule has 1 aromatic carbocycles. The fraction of sp³-hybridized carbons (Fsp3) is 0.231. The Morgan fingerprint density at radius 3 is 2.44 bits per heavy atom. The number of aryl methyl sites for hydroxylation is 1. The fourth-order valence-corrected chi connectivity index (χ4v) is 2.21. The minimum atomic E-state index is -0.538. The van der Waals surface area contributed by atoms with Gasteiger partial charge in [-0.15, -0.1) is 0 Å². The van der Waals surface area contributed by atoms with Gasteiger partial charge in [-0.2, -0.15) is 0 Å². The Balaban J connectivity index is 2.23. The van der Waals surface area contributed by atoms with E-state index in [-0.39, 0.29) is 10.7 Å². The van der Waals surface area contributed by atoms with Crippen LogP contribution < -0.4 is 0 Å². The van der Waals surface area contributed by atoms with Crippen molar-refractivity contribution in [2.75, 3.05) is 0 Å². The summed E-state index contributed by atoms with van der Waals surface area (Å²) >= 11 is 3.49. The lowest BCUT2D eigenvalue weighted by atomic mass is 10.1. The van der Waals surface area contributed by atoms with Gasteiger partial charge in [-0.05, 0) is 23.6 Å². The Hall–Kier alpha value is -1.62. The van der Waals surface area contributed by atoms with E-state index in [2.05, 4.69) is 22.9 Å². The van der Waals surface area contributed by atoms with Crippen molar-refractivity contribution in [2.45, 2.75) is 18.2 Å². The average molecular weight is 310 g/mol. The molecule has 5 heteroatoms. The van der Waals surface area contributed by atoms with Crippen LogP contribution in [0.25, 0.3) is 0 Å². The molecular formula is C13H12BrNO3. The highest BCUT2D eigenvalue weighted by atomic mass is 79.9. The quantitative estimate of drug-likeness (QED) is 0.482. The predicted molar refractivity (Wildman–Crippen MR) is 72.0 cm³/mol. The summed E-state index contributed by atoms with van der Waals surface area (Å²) in [5.74, 6) is 0.297. The van der Waals surface area contributed by atoms with Crippen molar-refractivity contribution in [3.05, 3.63) is 63.4 Å². The lowest BCUT2D eigenvalue weighted by molar-refractivity contribution is -0.402. The summed E-state index contributed by atoms with van der Waals surface area (Å²) in [5, 5.41) is 10.6. The molecule has 0 aliphatic heterocycles. The number of hydrogen-bond donors (Lipinski definition) is 0. The molecule has 0 bridgehead atoms. The summed E-state index contributed by atoms with van der Waals surface area (Å²) in [6, 6.07) is 11.1. The van der Waals surface area contributed by atoms with Crippen molar-refractivity contribution in [3.63, 3.8) is 0 Å². The van der Waals surface area contributed by atoms with Crippen molar-refractivity contribution < 1.29 is 9.34 Å². The van der Waals surface area contributed by atoms with Crippen LogP contribution in [-0.4, -0.2) is 4.92 Å². The van der Waals surface area contributed by atoms with E-state index in [1.165, 1.54) is 11.6 Å². The molecule has 1 atom stereocenters. The van der Waals surface area contributed by atoms with Gasteiger partial charge in [0.1, 0.15) is 10.7 Å². The van der Waals surface area contributed by atoms with Crippen molar-refractivity contribution >= 4 is 21.8 Å². The minimum Gasteiger partial charge on any atom is -0.404 e. The van der Waals surface area contributed by atoms with Gasteiger partial charge in [0.15, 0.2) is 0 Å². The molecule has 4 nitrogen and oxygen atoms in total. The van der Waals surface area contributed by atoms with Gasteiger partial charge in [-0.25, -0.2) is 0 Å². The summed E-state index contributed by atoms with van der Waals surface area (Å²) in [5.41, 5.74) is 2.26. The van der Waals surface area contributed by atoms with Gasteiger partial charge in [0.2, 0.25) is 0 Å². The van der Waals surface area contributed by atoms with Crippen LogP contribution in [0.1, 0.15) is 28.6 Å². The molecule has 0 aliphatic rings. The van der Waals surface area contributed by atoms with Gasteiger partial charge in [0, 0.05) is 0 Å². The van der Waals surface area contributed by atoms with Crippen molar-refractivity contribution in [1.29, 1.82) is 0 Å². The molecule has 18 heavy (non-hydrogen) atoms. The van der Waals surface area contributed by atoms with Crippen LogP contribution in [0.3, 0.4) is 0 Å². The van der Waals surface area contributed by atoms with Crippen molar-refractivity contribution in [3.8, 4) is 0 Å². The van der Waals surface area contributed by atoms with Crippen molar-refractivity contribution in [2.24, 2.45) is 0 Å². The normalized spacial score (nSPS) is 12.3. The Morgan fingerprint density at radius 2 is 1.94 bits per heavy atom. The first-order chi connectivity index (χ1) is 8.61. The summed E-state index contributed by atoms with van der Waals surface area (Å²) in [6.45, 7) is 2.09. The Labute approximate surface area is 113 Å². The largest absolute Gasteiger partial charge is 0.433 e. The highest BCUT2D eigenvalue weighted by molar-refractivity contribution is 9.09. The first-order valence-electron chi connectivity index (χ1n) is 5.59. The third-order valence-corrected chi connectivity index (χ3v) is 3.70. The first-order valence-corrected chi connectivity index (χ1v) is 6.50. The van der Waals surface area contributed by atoms with Crippen molar-refractivity contribution in [1.82, 2.24) is 0 Å². The monoisotopic (exact) mass is 309 g/mol. The fourth-order valence-electron chi connectivity index (χ4n) is 1.66. The molecule has 1 heterocycles. The molecular weight excluding hydrogens is 298 g/mol. The van der Waals surface area contributed by atoms with E-state index in [1.807, 2.05) is 24.3 Å². The number of furan rings is 1. The smallest absolute Gasteiger partial charge is 0.404 e. The first kappa shape index (κ1) is 12.8.